The summed E-state index contributed by atoms with van der Waals surface area (Å²) in [5, 5.41) is 0.102. The van der Waals surface area contributed by atoms with Crippen molar-refractivity contribution in [2.75, 3.05) is 19.8 Å². The first-order valence-electron chi connectivity index (χ1n) is 7.27. The summed E-state index contributed by atoms with van der Waals surface area (Å²) < 4.78 is 40.2. The zero-order chi connectivity index (χ0) is 15.0. The van der Waals surface area contributed by atoms with Gasteiger partial charge in [-0.2, -0.15) is 4.31 Å². The molecule has 2 fully saturated rings. The van der Waals surface area contributed by atoms with Gasteiger partial charge in [0.05, 0.1) is 25.1 Å². The molecule has 1 aliphatic heterocycles. The molecule has 0 unspecified atom stereocenters. The lowest BCUT2D eigenvalue weighted by Crippen LogP contribution is -2.53. The van der Waals surface area contributed by atoms with Crippen LogP contribution in [0.3, 0.4) is 0 Å². The number of aryl methyl sites for hydroxylation is 1. The van der Waals surface area contributed by atoms with Crippen molar-refractivity contribution in [3.05, 3.63) is 12.5 Å². The molecule has 0 spiro atoms. The third kappa shape index (κ3) is 2.61. The zero-order valence-corrected chi connectivity index (χ0v) is 13.1. The number of fused-ring (bicyclic) bond motifs is 1. The van der Waals surface area contributed by atoms with Crippen LogP contribution >= 0.6 is 0 Å². The number of hydrogen-bond acceptors (Lipinski definition) is 5. The van der Waals surface area contributed by atoms with Crippen LogP contribution in [-0.4, -0.2) is 60.3 Å². The topological polar surface area (TPSA) is 73.7 Å². The molecule has 2 aliphatic rings. The van der Waals surface area contributed by atoms with Crippen LogP contribution in [0, 0.1) is 0 Å². The Kier molecular flexibility index (Phi) is 4.04. The van der Waals surface area contributed by atoms with Crippen molar-refractivity contribution >= 4 is 10.0 Å². The fraction of sp³-hybridized carbons (Fsp3) is 0.769. The number of hydrogen-bond donors (Lipinski definition) is 0. The molecule has 1 saturated carbocycles. The average molecular weight is 315 g/mol. The molecule has 7 nitrogen and oxygen atoms in total. The summed E-state index contributed by atoms with van der Waals surface area (Å²) in [4.78, 5) is 3.99. The lowest BCUT2D eigenvalue weighted by Gasteiger charge is -2.37. The summed E-state index contributed by atoms with van der Waals surface area (Å²) in [5.74, 6) is 0. The smallest absolute Gasteiger partial charge is 0.262 e. The van der Waals surface area contributed by atoms with E-state index >= 15 is 0 Å². The van der Waals surface area contributed by atoms with Crippen molar-refractivity contribution in [1.29, 1.82) is 0 Å². The van der Waals surface area contributed by atoms with Crippen LogP contribution in [0.1, 0.15) is 19.8 Å². The Morgan fingerprint density at radius 1 is 1.48 bits per heavy atom. The number of imidazole rings is 1. The highest BCUT2D eigenvalue weighted by Crippen LogP contribution is 2.34. The number of morpholine rings is 1. The Balaban J connectivity index is 1.85. The first-order chi connectivity index (χ1) is 10.0. The largest absolute Gasteiger partial charge is 0.376 e. The predicted octanol–water partition coefficient (Wildman–Crippen LogP) is 0.377. The van der Waals surface area contributed by atoms with Gasteiger partial charge in [-0.1, -0.05) is 0 Å². The Hall–Kier alpha value is -0.960. The molecule has 1 aromatic heterocycles. The van der Waals surface area contributed by atoms with Gasteiger partial charge in [0.25, 0.3) is 10.0 Å². The molecule has 3 atom stereocenters. The second-order valence-corrected chi connectivity index (χ2v) is 7.30. The normalized spacial score (nSPS) is 30.5. The summed E-state index contributed by atoms with van der Waals surface area (Å²) in [5.41, 5.74) is 0. The second kappa shape index (κ2) is 5.68. The number of aromatic nitrogens is 2. The molecule has 2 heterocycles. The molecule has 1 aromatic rings. The molecule has 0 N–H and O–H groups in total. The van der Waals surface area contributed by atoms with Gasteiger partial charge in [0.15, 0.2) is 5.03 Å². The van der Waals surface area contributed by atoms with Crippen LogP contribution in [-0.2, 0) is 26.5 Å². The van der Waals surface area contributed by atoms with E-state index in [9.17, 15) is 8.42 Å². The molecular formula is C13H21N3O4S. The van der Waals surface area contributed by atoms with Gasteiger partial charge in [-0.05, 0) is 19.8 Å². The monoisotopic (exact) mass is 315 g/mol. The van der Waals surface area contributed by atoms with Gasteiger partial charge in [-0.3, -0.25) is 0 Å². The Morgan fingerprint density at radius 3 is 2.95 bits per heavy atom. The van der Waals surface area contributed by atoms with E-state index in [4.69, 9.17) is 9.47 Å². The molecule has 0 aromatic carbocycles. The summed E-state index contributed by atoms with van der Waals surface area (Å²) in [7, 11) is -1.81. The molecule has 0 amide bonds. The van der Waals surface area contributed by atoms with Crippen LogP contribution in [0.15, 0.2) is 17.6 Å². The predicted molar refractivity (Wildman–Crippen MR) is 75.3 cm³/mol. The standard InChI is InChI=1S/C13H21N3O4S/c1-3-19-11-5-4-10-13(11)20-7-6-16(10)21(17,18)12-8-15(2)9-14-12/h8-11,13H,3-7H2,1-2H3/t10-,11+,13+/m1/s1. The van der Waals surface area contributed by atoms with E-state index < -0.39 is 10.0 Å². The average Bonchev–Trinajstić information content (AvgIpc) is 3.06. The van der Waals surface area contributed by atoms with Crippen LogP contribution < -0.4 is 0 Å². The third-order valence-electron chi connectivity index (χ3n) is 4.12. The maximum atomic E-state index is 12.8. The highest BCUT2D eigenvalue weighted by molar-refractivity contribution is 7.89. The van der Waals surface area contributed by atoms with Gasteiger partial charge in [0.2, 0.25) is 0 Å². The first kappa shape index (κ1) is 15.0. The van der Waals surface area contributed by atoms with Crippen molar-refractivity contribution < 1.29 is 17.9 Å². The number of nitrogens with zero attached hydrogens (tertiary/aromatic N) is 3. The summed E-state index contributed by atoms with van der Waals surface area (Å²) in [6, 6.07) is -0.151. The van der Waals surface area contributed by atoms with Crippen LogP contribution in [0.5, 0.6) is 0 Å². The quantitative estimate of drug-likeness (QED) is 0.803. The Labute approximate surface area is 124 Å². The van der Waals surface area contributed by atoms with Gasteiger partial charge in [-0.25, -0.2) is 13.4 Å². The van der Waals surface area contributed by atoms with Crippen LogP contribution in [0.25, 0.3) is 0 Å². The highest BCUT2D eigenvalue weighted by atomic mass is 32.2. The van der Waals surface area contributed by atoms with Gasteiger partial charge in [0, 0.05) is 26.4 Å². The van der Waals surface area contributed by atoms with Crippen molar-refractivity contribution in [1.82, 2.24) is 13.9 Å². The molecule has 0 bridgehead atoms. The van der Waals surface area contributed by atoms with E-state index in [1.54, 1.807) is 15.9 Å². The zero-order valence-electron chi connectivity index (χ0n) is 12.3. The maximum Gasteiger partial charge on any atom is 0.262 e. The summed E-state index contributed by atoms with van der Waals surface area (Å²) in [6.45, 7) is 3.33. The van der Waals surface area contributed by atoms with E-state index in [0.29, 0.717) is 19.8 Å². The molecule has 3 rings (SSSR count). The second-order valence-electron chi connectivity index (χ2n) is 5.47. The van der Waals surface area contributed by atoms with E-state index in [0.717, 1.165) is 12.8 Å². The van der Waals surface area contributed by atoms with E-state index in [2.05, 4.69) is 4.98 Å². The van der Waals surface area contributed by atoms with E-state index in [1.165, 1.54) is 12.5 Å². The Bertz CT molecular complexity index is 600. The lowest BCUT2D eigenvalue weighted by atomic mass is 10.1. The Morgan fingerprint density at radius 2 is 2.29 bits per heavy atom. The fourth-order valence-electron chi connectivity index (χ4n) is 3.22. The van der Waals surface area contributed by atoms with Crippen molar-refractivity contribution in [2.24, 2.45) is 7.05 Å². The molecular weight excluding hydrogens is 294 g/mol. The molecule has 118 valence electrons. The van der Waals surface area contributed by atoms with Crippen molar-refractivity contribution in [3.8, 4) is 0 Å². The SMILES string of the molecule is CCO[C@H]1CC[C@@H]2[C@@H]1OCCN2S(=O)(=O)c1cn(C)cn1. The van der Waals surface area contributed by atoms with Crippen LogP contribution in [0.4, 0.5) is 0 Å². The van der Waals surface area contributed by atoms with Gasteiger partial charge in [-0.15, -0.1) is 0 Å². The summed E-state index contributed by atoms with van der Waals surface area (Å²) >= 11 is 0. The van der Waals surface area contributed by atoms with Crippen LogP contribution in [0.2, 0.25) is 0 Å². The minimum absolute atomic E-state index is 0.0123. The number of ether oxygens (including phenoxy) is 2. The fourth-order valence-corrected chi connectivity index (χ4v) is 4.83. The minimum Gasteiger partial charge on any atom is -0.376 e. The molecule has 0 radical (unpaired) electrons. The number of sulfonamides is 1. The molecule has 1 aliphatic carbocycles. The molecule has 21 heavy (non-hydrogen) atoms. The van der Waals surface area contributed by atoms with Gasteiger partial charge >= 0.3 is 0 Å². The number of rotatable bonds is 4. The van der Waals surface area contributed by atoms with E-state index in [1.807, 2.05) is 6.92 Å². The van der Waals surface area contributed by atoms with Crippen molar-refractivity contribution in [3.63, 3.8) is 0 Å². The molecule has 8 heteroatoms. The minimum atomic E-state index is -3.57. The first-order valence-corrected chi connectivity index (χ1v) is 8.71. The third-order valence-corrected chi connectivity index (χ3v) is 5.93. The highest BCUT2D eigenvalue weighted by Gasteiger charge is 2.47. The van der Waals surface area contributed by atoms with Gasteiger partial charge in [0.1, 0.15) is 6.10 Å². The maximum absolute atomic E-state index is 12.8. The lowest BCUT2D eigenvalue weighted by molar-refractivity contribution is -0.0938. The molecule has 1 saturated heterocycles. The van der Waals surface area contributed by atoms with Crippen molar-refractivity contribution in [2.45, 2.75) is 43.0 Å². The van der Waals surface area contributed by atoms with E-state index in [-0.39, 0.29) is 23.3 Å². The summed E-state index contributed by atoms with van der Waals surface area (Å²) in [6.07, 6.45) is 4.45. The van der Waals surface area contributed by atoms with Gasteiger partial charge < -0.3 is 14.0 Å².